The van der Waals surface area contributed by atoms with E-state index in [2.05, 4.69) is 46.6 Å². The van der Waals surface area contributed by atoms with Gasteiger partial charge in [0, 0.05) is 45.0 Å². The number of ether oxygens (including phenoxy) is 1. The van der Waals surface area contributed by atoms with Gasteiger partial charge in [-0.3, -0.25) is 14.6 Å². The van der Waals surface area contributed by atoms with E-state index in [4.69, 9.17) is 9.73 Å². The van der Waals surface area contributed by atoms with Crippen molar-refractivity contribution < 1.29 is 9.13 Å². The van der Waals surface area contributed by atoms with Gasteiger partial charge >= 0.3 is 0 Å². The fourth-order valence-corrected chi connectivity index (χ4v) is 3.93. The molecule has 1 aliphatic heterocycles. The highest BCUT2D eigenvalue weighted by Crippen LogP contribution is 2.23. The number of halogens is 1. The maximum absolute atomic E-state index is 13.5. The molecule has 0 aliphatic carbocycles. The Balaban J connectivity index is 1.73. The van der Waals surface area contributed by atoms with Gasteiger partial charge in [0.2, 0.25) is 0 Å². The lowest BCUT2D eigenvalue weighted by Gasteiger charge is -2.34. The molecule has 0 bridgehead atoms. The molecule has 1 aliphatic rings. The Kier molecular flexibility index (Phi) is 9.01. The molecule has 0 spiro atoms. The molecule has 2 N–H and O–H groups in total. The number of likely N-dealkylation sites (N-methyl/N-ethyl adjacent to an activating group) is 1. The van der Waals surface area contributed by atoms with Gasteiger partial charge < -0.3 is 20.3 Å². The predicted octanol–water partition coefficient (Wildman–Crippen LogP) is 1.79. The summed E-state index contributed by atoms with van der Waals surface area (Å²) in [6, 6.07) is 6.99. The first-order valence-electron chi connectivity index (χ1n) is 11.2. The van der Waals surface area contributed by atoms with Crippen molar-refractivity contribution in [1.82, 2.24) is 30.2 Å². The predicted molar refractivity (Wildman–Crippen MR) is 125 cm³/mol. The summed E-state index contributed by atoms with van der Waals surface area (Å²) in [4.78, 5) is 9.43. The van der Waals surface area contributed by atoms with Crippen LogP contribution in [0.4, 0.5) is 4.39 Å². The molecule has 2 heterocycles. The molecule has 3 rings (SSSR count). The second-order valence-corrected chi connectivity index (χ2v) is 8.24. The minimum Gasteiger partial charge on any atom is -0.379 e. The smallest absolute Gasteiger partial charge is 0.191 e. The quantitative estimate of drug-likeness (QED) is 0.453. The zero-order valence-corrected chi connectivity index (χ0v) is 19.6. The number of aliphatic imine (C=N–C) groups is 1. The zero-order chi connectivity index (χ0) is 22.9. The Bertz CT molecular complexity index is 846. The van der Waals surface area contributed by atoms with Crippen molar-refractivity contribution >= 4 is 5.96 Å². The van der Waals surface area contributed by atoms with Crippen molar-refractivity contribution in [2.75, 3.05) is 60.0 Å². The standard InChI is InChI=1S/C23H36FN7O/c1-5-25-23(26-15-21(29(2)3)19-14-28-30(4)17-19)27-16-22(31-10-12-32-13-11-31)18-6-8-20(24)9-7-18/h6-9,14,17,21-22H,5,10-13,15-16H2,1-4H3,(H2,25,26,27). The minimum atomic E-state index is -0.224. The van der Waals surface area contributed by atoms with Crippen molar-refractivity contribution in [3.8, 4) is 0 Å². The number of nitrogens with zero attached hydrogens (tertiary/aromatic N) is 5. The van der Waals surface area contributed by atoms with Crippen molar-refractivity contribution in [2.24, 2.45) is 12.0 Å². The lowest BCUT2D eigenvalue weighted by atomic mass is 10.0. The Labute approximate surface area is 190 Å². The van der Waals surface area contributed by atoms with Crippen LogP contribution in [0.3, 0.4) is 0 Å². The monoisotopic (exact) mass is 445 g/mol. The topological polar surface area (TPSA) is 70.0 Å². The molecule has 2 aromatic rings. The number of aryl methyl sites for hydroxylation is 1. The molecule has 32 heavy (non-hydrogen) atoms. The number of benzene rings is 1. The number of rotatable bonds is 9. The molecular formula is C23H36FN7O. The summed E-state index contributed by atoms with van der Waals surface area (Å²) in [6.07, 6.45) is 3.94. The summed E-state index contributed by atoms with van der Waals surface area (Å²) in [5.41, 5.74) is 2.22. The third kappa shape index (κ3) is 6.75. The Morgan fingerprint density at radius 2 is 1.91 bits per heavy atom. The van der Waals surface area contributed by atoms with Crippen LogP contribution in [0.15, 0.2) is 41.7 Å². The van der Waals surface area contributed by atoms with Crippen molar-refractivity contribution in [3.63, 3.8) is 0 Å². The average Bonchev–Trinajstić information content (AvgIpc) is 3.21. The number of nitrogens with one attached hydrogen (secondary N) is 2. The molecule has 0 amide bonds. The number of hydrogen-bond acceptors (Lipinski definition) is 5. The molecule has 2 unspecified atom stereocenters. The molecule has 0 saturated carbocycles. The van der Waals surface area contributed by atoms with E-state index in [1.165, 1.54) is 12.1 Å². The molecular weight excluding hydrogens is 409 g/mol. The highest BCUT2D eigenvalue weighted by molar-refractivity contribution is 5.79. The Hall–Kier alpha value is -2.49. The highest BCUT2D eigenvalue weighted by Gasteiger charge is 2.23. The van der Waals surface area contributed by atoms with Crippen LogP contribution in [0.5, 0.6) is 0 Å². The van der Waals surface area contributed by atoms with E-state index in [9.17, 15) is 4.39 Å². The maximum Gasteiger partial charge on any atom is 0.191 e. The SMILES string of the molecule is CCNC(=NCC(c1ccc(F)cc1)N1CCOCC1)NCC(c1cnn(C)c1)N(C)C. The van der Waals surface area contributed by atoms with Crippen LogP contribution in [0.2, 0.25) is 0 Å². The second-order valence-electron chi connectivity index (χ2n) is 8.24. The Morgan fingerprint density at radius 1 is 1.19 bits per heavy atom. The lowest BCUT2D eigenvalue weighted by molar-refractivity contribution is 0.0179. The van der Waals surface area contributed by atoms with Crippen molar-refractivity contribution in [2.45, 2.75) is 19.0 Å². The van der Waals surface area contributed by atoms with Crippen LogP contribution in [0.1, 0.15) is 30.1 Å². The van der Waals surface area contributed by atoms with Crippen molar-refractivity contribution in [1.29, 1.82) is 0 Å². The van der Waals surface area contributed by atoms with Crippen molar-refractivity contribution in [3.05, 3.63) is 53.6 Å². The highest BCUT2D eigenvalue weighted by atomic mass is 19.1. The van der Waals surface area contributed by atoms with E-state index in [1.54, 1.807) is 0 Å². The first kappa shape index (κ1) is 24.2. The summed E-state index contributed by atoms with van der Waals surface area (Å²) in [5, 5.41) is 11.1. The van der Waals surface area contributed by atoms with Gasteiger partial charge in [-0.25, -0.2) is 4.39 Å². The maximum atomic E-state index is 13.5. The number of guanidine groups is 1. The summed E-state index contributed by atoms with van der Waals surface area (Å²) < 4.78 is 20.8. The molecule has 1 aromatic carbocycles. The molecule has 9 heteroatoms. The number of aromatic nitrogens is 2. The summed E-state index contributed by atoms with van der Waals surface area (Å²) in [6.45, 7) is 7.18. The summed E-state index contributed by atoms with van der Waals surface area (Å²) >= 11 is 0. The van der Waals surface area contributed by atoms with Crippen LogP contribution in [-0.4, -0.2) is 85.6 Å². The molecule has 176 valence electrons. The first-order chi connectivity index (χ1) is 15.5. The van der Waals surface area contributed by atoms with Gasteiger partial charge in [0.05, 0.1) is 38.0 Å². The van der Waals surface area contributed by atoms with Crippen LogP contribution in [0.25, 0.3) is 0 Å². The van der Waals surface area contributed by atoms with Gasteiger partial charge in [-0.2, -0.15) is 5.10 Å². The van der Waals surface area contributed by atoms with E-state index < -0.39 is 0 Å². The molecule has 1 fully saturated rings. The normalized spacial score (nSPS) is 17.4. The van der Waals surface area contributed by atoms with Crippen LogP contribution in [0, 0.1) is 5.82 Å². The van der Waals surface area contributed by atoms with E-state index in [0.717, 1.165) is 36.7 Å². The fraction of sp³-hybridized carbons (Fsp3) is 0.565. The van der Waals surface area contributed by atoms with E-state index in [-0.39, 0.29) is 17.9 Å². The number of morpholine rings is 1. The van der Waals surface area contributed by atoms with E-state index >= 15 is 0 Å². The molecule has 1 saturated heterocycles. The average molecular weight is 446 g/mol. The van der Waals surface area contributed by atoms with E-state index in [0.29, 0.717) is 26.3 Å². The summed E-state index contributed by atoms with van der Waals surface area (Å²) in [7, 11) is 6.05. The van der Waals surface area contributed by atoms with Gasteiger partial charge in [-0.05, 0) is 38.7 Å². The molecule has 8 nitrogen and oxygen atoms in total. The van der Waals surface area contributed by atoms with Gasteiger partial charge in [0.15, 0.2) is 5.96 Å². The largest absolute Gasteiger partial charge is 0.379 e. The third-order valence-electron chi connectivity index (χ3n) is 5.70. The summed E-state index contributed by atoms with van der Waals surface area (Å²) in [5.74, 6) is 0.543. The second kappa shape index (κ2) is 11.9. The van der Waals surface area contributed by atoms with Crippen LogP contribution in [-0.2, 0) is 11.8 Å². The minimum absolute atomic E-state index is 0.0675. The fourth-order valence-electron chi connectivity index (χ4n) is 3.93. The lowest BCUT2D eigenvalue weighted by Crippen LogP contribution is -2.43. The van der Waals surface area contributed by atoms with Crippen LogP contribution >= 0.6 is 0 Å². The molecule has 2 atom stereocenters. The Morgan fingerprint density at radius 3 is 2.50 bits per heavy atom. The zero-order valence-electron chi connectivity index (χ0n) is 19.6. The first-order valence-corrected chi connectivity index (χ1v) is 11.2. The third-order valence-corrected chi connectivity index (χ3v) is 5.70. The van der Waals surface area contributed by atoms with Gasteiger partial charge in [-0.15, -0.1) is 0 Å². The number of hydrogen-bond donors (Lipinski definition) is 2. The van der Waals surface area contributed by atoms with E-state index in [1.807, 2.05) is 36.3 Å². The van der Waals surface area contributed by atoms with Gasteiger partial charge in [-0.1, -0.05) is 12.1 Å². The molecule has 1 aromatic heterocycles. The van der Waals surface area contributed by atoms with Crippen LogP contribution < -0.4 is 10.6 Å². The van der Waals surface area contributed by atoms with Gasteiger partial charge in [0.25, 0.3) is 0 Å². The molecule has 0 radical (unpaired) electrons. The van der Waals surface area contributed by atoms with Gasteiger partial charge in [0.1, 0.15) is 5.82 Å².